The Labute approximate surface area is 425 Å². The quantitative estimate of drug-likeness (QED) is 0.0439. The molecule has 376 valence electrons. The molecular formula is C61H69N3O8. The Kier molecular flexibility index (Phi) is 24.1. The molecule has 0 saturated carbocycles. The fourth-order valence-corrected chi connectivity index (χ4v) is 8.57. The van der Waals surface area contributed by atoms with Crippen LogP contribution in [0.5, 0.6) is 0 Å². The summed E-state index contributed by atoms with van der Waals surface area (Å²) in [5, 5.41) is 32.1. The molecule has 0 fully saturated rings. The van der Waals surface area contributed by atoms with Crippen molar-refractivity contribution >= 4 is 68.2 Å². The molecule has 4 aromatic carbocycles. The topological polar surface area (TPSA) is 184 Å². The zero-order valence-electron chi connectivity index (χ0n) is 42.9. The highest BCUT2D eigenvalue weighted by Gasteiger charge is 2.28. The van der Waals surface area contributed by atoms with Crippen LogP contribution in [0.1, 0.15) is 141 Å². The molecule has 3 unspecified atom stereocenters. The van der Waals surface area contributed by atoms with Crippen molar-refractivity contribution in [2.24, 2.45) is 17.8 Å². The van der Waals surface area contributed by atoms with E-state index in [1.165, 1.54) is 18.9 Å². The maximum absolute atomic E-state index is 13.4. The minimum absolute atomic E-state index is 0.0641. The number of allylic oxidation sites excluding steroid dienone is 5. The summed E-state index contributed by atoms with van der Waals surface area (Å²) in [7, 11) is 0. The molecule has 6 rings (SSSR count). The third kappa shape index (κ3) is 15.8. The van der Waals surface area contributed by atoms with Crippen LogP contribution in [0.3, 0.4) is 0 Å². The minimum Gasteiger partial charge on any atom is -0.465 e. The maximum atomic E-state index is 13.4. The minimum atomic E-state index is -0.670. The molecule has 0 spiro atoms. The summed E-state index contributed by atoms with van der Waals surface area (Å²) in [5.41, 5.74) is 2.30. The third-order valence-corrected chi connectivity index (χ3v) is 13.1. The van der Waals surface area contributed by atoms with Gasteiger partial charge in [-0.25, -0.2) is 9.59 Å². The predicted octanol–water partition coefficient (Wildman–Crippen LogP) is 11.9. The zero-order chi connectivity index (χ0) is 52.4. The summed E-state index contributed by atoms with van der Waals surface area (Å²) in [6, 6.07) is 27.9. The van der Waals surface area contributed by atoms with Crippen molar-refractivity contribution in [3.8, 4) is 18.2 Å². The number of unbranched alkanes of at least 4 members (excludes halogenated alkanes) is 3. The lowest BCUT2D eigenvalue weighted by molar-refractivity contribution is -0.144. The van der Waals surface area contributed by atoms with E-state index in [-0.39, 0.29) is 54.2 Å². The number of hydrogen-bond acceptors (Lipinski definition) is 11. The number of carbonyl (C=O) groups excluding carboxylic acids is 5. The Bertz CT molecular complexity index is 2920. The molecule has 3 atom stereocenters. The number of benzene rings is 4. The second-order valence-corrected chi connectivity index (χ2v) is 18.1. The Balaban J connectivity index is 0.000000302. The van der Waals surface area contributed by atoms with Crippen LogP contribution in [0.15, 0.2) is 102 Å². The molecule has 0 aromatic heterocycles. The predicted molar refractivity (Wildman–Crippen MR) is 283 cm³/mol. The van der Waals surface area contributed by atoms with E-state index in [1.807, 2.05) is 48.5 Å². The first-order valence-electron chi connectivity index (χ1n) is 25.6. The van der Waals surface area contributed by atoms with Gasteiger partial charge in [-0.05, 0) is 82.3 Å². The molecule has 0 radical (unpaired) electrons. The van der Waals surface area contributed by atoms with E-state index >= 15 is 0 Å². The van der Waals surface area contributed by atoms with Crippen LogP contribution in [0.4, 0.5) is 0 Å². The SMILES string of the molecule is CCCCC(CC)COC(=O)/C(C#N)=c1\cccc2/c(=C(\C#N)C(=O)OCC(CC)CCCC)c3ccccc3cc12.CCCCC(CC)COC(=O)CC#N.O=C1C=CC=C2C(=O)c3ccccc3C=C12. The first-order valence-corrected chi connectivity index (χ1v) is 25.6. The number of nitrogens with zero attached hydrogens (tertiary/aromatic N) is 3. The highest BCUT2D eigenvalue weighted by atomic mass is 16.5. The molecular weight excluding hydrogens is 903 g/mol. The van der Waals surface area contributed by atoms with Crippen LogP contribution >= 0.6 is 0 Å². The Morgan fingerprint density at radius 2 is 1.14 bits per heavy atom. The van der Waals surface area contributed by atoms with Gasteiger partial charge in [0.05, 0.1) is 25.9 Å². The number of esters is 3. The second-order valence-electron chi connectivity index (χ2n) is 18.1. The van der Waals surface area contributed by atoms with E-state index in [9.17, 15) is 34.5 Å². The molecule has 0 amide bonds. The Morgan fingerprint density at radius 3 is 1.71 bits per heavy atom. The van der Waals surface area contributed by atoms with Gasteiger partial charge in [-0.15, -0.1) is 0 Å². The van der Waals surface area contributed by atoms with Gasteiger partial charge in [-0.3, -0.25) is 14.4 Å². The molecule has 0 heterocycles. The van der Waals surface area contributed by atoms with Crippen LogP contribution in [0, 0.1) is 51.7 Å². The number of ether oxygens (including phenoxy) is 3. The van der Waals surface area contributed by atoms with Crippen molar-refractivity contribution in [3.05, 3.63) is 124 Å². The average molecular weight is 972 g/mol. The van der Waals surface area contributed by atoms with E-state index in [1.54, 1.807) is 48.6 Å². The molecule has 0 N–H and O–H groups in total. The van der Waals surface area contributed by atoms with Crippen molar-refractivity contribution in [2.75, 3.05) is 19.8 Å². The van der Waals surface area contributed by atoms with E-state index in [2.05, 4.69) is 53.7 Å². The number of fused-ring (bicyclic) bond motifs is 4. The number of hydrogen-bond donors (Lipinski definition) is 0. The van der Waals surface area contributed by atoms with Crippen LogP contribution in [-0.4, -0.2) is 49.3 Å². The van der Waals surface area contributed by atoms with Crippen LogP contribution in [-0.2, 0) is 33.4 Å². The van der Waals surface area contributed by atoms with Crippen LogP contribution < -0.4 is 10.4 Å². The molecule has 11 heteroatoms. The summed E-state index contributed by atoms with van der Waals surface area (Å²) in [6.45, 7) is 13.6. The zero-order valence-corrected chi connectivity index (χ0v) is 42.9. The number of nitriles is 3. The smallest absolute Gasteiger partial charge is 0.349 e. The van der Waals surface area contributed by atoms with Gasteiger partial charge in [-0.2, -0.15) is 15.8 Å². The fraction of sp³-hybridized carbons (Fsp3) is 0.410. The van der Waals surface area contributed by atoms with Crippen molar-refractivity contribution in [3.63, 3.8) is 0 Å². The first kappa shape index (κ1) is 57.2. The van der Waals surface area contributed by atoms with E-state index < -0.39 is 17.9 Å². The van der Waals surface area contributed by atoms with Gasteiger partial charge < -0.3 is 14.2 Å². The summed E-state index contributed by atoms with van der Waals surface area (Å²) >= 11 is 0. The lowest BCUT2D eigenvalue weighted by Crippen LogP contribution is -2.23. The molecule has 0 saturated heterocycles. The van der Waals surface area contributed by atoms with Gasteiger partial charge in [0.2, 0.25) is 0 Å². The van der Waals surface area contributed by atoms with E-state index in [4.69, 9.17) is 19.5 Å². The van der Waals surface area contributed by atoms with E-state index in [0.29, 0.717) is 50.4 Å². The van der Waals surface area contributed by atoms with Crippen molar-refractivity contribution < 1.29 is 38.2 Å². The number of ketones is 2. The highest BCUT2D eigenvalue weighted by molar-refractivity contribution is 6.27. The summed E-state index contributed by atoms with van der Waals surface area (Å²) in [5.74, 6) is -0.970. The fourth-order valence-electron chi connectivity index (χ4n) is 8.57. The average Bonchev–Trinajstić information content (AvgIpc) is 3.40. The molecule has 4 aromatic rings. The molecule has 2 aliphatic carbocycles. The van der Waals surface area contributed by atoms with Crippen molar-refractivity contribution in [2.45, 2.75) is 125 Å². The number of carbonyl (C=O) groups is 5. The lowest BCUT2D eigenvalue weighted by Gasteiger charge is -2.18. The van der Waals surface area contributed by atoms with Gasteiger partial charge in [0.1, 0.15) is 29.7 Å². The molecule has 0 bridgehead atoms. The second kappa shape index (κ2) is 30.3. The summed E-state index contributed by atoms with van der Waals surface area (Å²) in [6.07, 6.45) is 18.9. The van der Waals surface area contributed by atoms with Gasteiger partial charge in [-0.1, -0.05) is 178 Å². The molecule has 2 aliphatic rings. The van der Waals surface area contributed by atoms with Gasteiger partial charge >= 0.3 is 17.9 Å². The Hall–Kier alpha value is -7.42. The lowest BCUT2D eigenvalue weighted by atomic mass is 9.83. The maximum Gasteiger partial charge on any atom is 0.349 e. The van der Waals surface area contributed by atoms with Gasteiger partial charge in [0.15, 0.2) is 11.6 Å². The van der Waals surface area contributed by atoms with Crippen LogP contribution in [0.25, 0.3) is 38.8 Å². The van der Waals surface area contributed by atoms with E-state index in [0.717, 1.165) is 80.5 Å². The monoisotopic (exact) mass is 972 g/mol. The normalized spacial score (nSPS) is 14.3. The standard InChI is InChI=1S/C36H42N2O4.C14H8O2.C11H19NO2/c1-5-9-14-25(7-3)23-41-35(39)32(21-37)29-18-13-19-30-31(29)20-27-16-11-12-17-28(27)34(30)33(22-38)36(40)42-24-26(8-4)15-10-6-2;15-13-7-3-6-11-12(13)8-9-4-1-2-5-10(9)14(11)16;1-3-5-6-10(4-2)9-14-11(13)7-8-12/h11-13,16-20,25-26H,5-10,14-15,23-24H2,1-4H3;1-8H;10H,3-7,9H2,1-2H3/b32-29+,34-33+;;. The van der Waals surface area contributed by atoms with Gasteiger partial charge in [0.25, 0.3) is 0 Å². The van der Waals surface area contributed by atoms with Gasteiger partial charge in [0, 0.05) is 27.1 Å². The molecule has 0 aliphatic heterocycles. The summed E-state index contributed by atoms with van der Waals surface area (Å²) < 4.78 is 16.3. The first-order chi connectivity index (χ1) is 34.9. The largest absolute Gasteiger partial charge is 0.465 e. The molecule has 11 nitrogen and oxygen atoms in total. The van der Waals surface area contributed by atoms with Crippen molar-refractivity contribution in [1.82, 2.24) is 0 Å². The number of Topliss-reactive ketones (excluding diaryl/α,β-unsaturated/α-hetero) is 1. The Morgan fingerprint density at radius 1 is 0.597 bits per heavy atom. The van der Waals surface area contributed by atoms with Crippen LogP contribution in [0.2, 0.25) is 0 Å². The highest BCUT2D eigenvalue weighted by Crippen LogP contribution is 2.30. The van der Waals surface area contributed by atoms with Crippen molar-refractivity contribution in [1.29, 1.82) is 15.8 Å². The number of rotatable bonds is 21. The molecule has 72 heavy (non-hydrogen) atoms. The summed E-state index contributed by atoms with van der Waals surface area (Å²) in [4.78, 5) is 61.2. The third-order valence-electron chi connectivity index (χ3n) is 13.1.